The molecular weight excluding hydrogens is 418 g/mol. The summed E-state index contributed by atoms with van der Waals surface area (Å²) >= 11 is 0. The molecule has 0 fully saturated rings. The summed E-state index contributed by atoms with van der Waals surface area (Å²) in [6.07, 6.45) is 2.44. The Balaban J connectivity index is 1.73. The van der Waals surface area contributed by atoms with Gasteiger partial charge in [-0.05, 0) is 56.2 Å². The van der Waals surface area contributed by atoms with E-state index in [4.69, 9.17) is 9.47 Å². The molecule has 0 atom stereocenters. The first-order chi connectivity index (χ1) is 14.8. The van der Waals surface area contributed by atoms with Crippen LogP contribution < -0.4 is 9.47 Å². The van der Waals surface area contributed by atoms with Crippen molar-refractivity contribution in [2.75, 3.05) is 26.8 Å². The summed E-state index contributed by atoms with van der Waals surface area (Å²) in [5.74, 6) is 0.740. The number of ether oxygens (including phenoxy) is 3. The third-order valence-electron chi connectivity index (χ3n) is 4.81. The van der Waals surface area contributed by atoms with Gasteiger partial charge in [-0.1, -0.05) is 24.3 Å². The summed E-state index contributed by atoms with van der Waals surface area (Å²) in [4.78, 5) is 11.6. The van der Waals surface area contributed by atoms with Gasteiger partial charge >= 0.3 is 5.97 Å². The van der Waals surface area contributed by atoms with Gasteiger partial charge in [0, 0.05) is 18.7 Å². The van der Waals surface area contributed by atoms with Gasteiger partial charge in [0.05, 0.1) is 18.1 Å². The number of methoxy groups -OCH3 is 1. The van der Waals surface area contributed by atoms with Crippen molar-refractivity contribution in [1.29, 1.82) is 0 Å². The quantitative estimate of drug-likeness (QED) is 0.579. The van der Waals surface area contributed by atoms with Crippen LogP contribution in [-0.4, -0.2) is 51.6 Å². The largest absolute Gasteiger partial charge is 0.491 e. The highest BCUT2D eigenvalue weighted by atomic mass is 32.2. The highest BCUT2D eigenvalue weighted by molar-refractivity contribution is 7.89. The maximum Gasteiger partial charge on any atom is 0.343 e. The Morgan fingerprint density at radius 3 is 2.42 bits per heavy atom. The molecule has 0 saturated heterocycles. The van der Waals surface area contributed by atoms with E-state index in [0.717, 1.165) is 11.1 Å². The van der Waals surface area contributed by atoms with Crippen LogP contribution in [0.15, 0.2) is 59.5 Å². The number of rotatable bonds is 8. The average Bonchev–Trinajstić information content (AvgIpc) is 2.77. The Morgan fingerprint density at radius 2 is 1.81 bits per heavy atom. The third-order valence-corrected chi connectivity index (χ3v) is 6.69. The zero-order chi connectivity index (χ0) is 22.4. The summed E-state index contributed by atoms with van der Waals surface area (Å²) in [5.41, 5.74) is 1.83. The number of carbonyl (C=O) groups is 1. The van der Waals surface area contributed by atoms with E-state index in [1.165, 1.54) is 11.4 Å². The second-order valence-electron chi connectivity index (χ2n) is 7.34. The number of nitrogens with zero attached hydrogens (tertiary/aromatic N) is 1. The van der Waals surface area contributed by atoms with Crippen LogP contribution in [0.4, 0.5) is 0 Å². The zero-order valence-electron chi connectivity index (χ0n) is 17.9. The fourth-order valence-corrected chi connectivity index (χ4v) is 4.66. The lowest BCUT2D eigenvalue weighted by Gasteiger charge is -2.26. The van der Waals surface area contributed by atoms with Gasteiger partial charge in [0.15, 0.2) is 6.61 Å². The van der Waals surface area contributed by atoms with Crippen molar-refractivity contribution in [2.45, 2.75) is 31.3 Å². The van der Waals surface area contributed by atoms with E-state index in [0.29, 0.717) is 24.5 Å². The summed E-state index contributed by atoms with van der Waals surface area (Å²) in [5, 5.41) is 0. The number of hydrogen-bond donors (Lipinski definition) is 0. The molecule has 0 spiro atoms. The minimum absolute atomic E-state index is 0.0209. The van der Waals surface area contributed by atoms with Gasteiger partial charge in [-0.15, -0.1) is 0 Å². The normalized spacial score (nSPS) is 14.8. The molecule has 0 bridgehead atoms. The molecule has 7 nitrogen and oxygen atoms in total. The molecule has 8 heteroatoms. The number of sulfonamides is 1. The van der Waals surface area contributed by atoms with E-state index in [2.05, 4.69) is 4.74 Å². The molecule has 1 heterocycles. The topological polar surface area (TPSA) is 82.1 Å². The fraction of sp³-hybridized carbons (Fsp3) is 0.348. The van der Waals surface area contributed by atoms with E-state index in [9.17, 15) is 13.2 Å². The van der Waals surface area contributed by atoms with Crippen LogP contribution in [0.1, 0.15) is 25.8 Å². The Hall–Kier alpha value is -2.84. The Bertz CT molecular complexity index is 1040. The Kier molecular flexibility index (Phi) is 7.35. The van der Waals surface area contributed by atoms with Crippen LogP contribution in [0, 0.1) is 0 Å². The monoisotopic (exact) mass is 445 g/mol. The number of benzene rings is 2. The summed E-state index contributed by atoms with van der Waals surface area (Å²) in [6, 6.07) is 13.9. The van der Waals surface area contributed by atoms with Gasteiger partial charge in [0.25, 0.3) is 0 Å². The molecule has 2 aromatic carbocycles. The van der Waals surface area contributed by atoms with Crippen LogP contribution in [0.3, 0.4) is 0 Å². The van der Waals surface area contributed by atoms with Crippen LogP contribution in [0.25, 0.3) is 5.57 Å². The zero-order valence-corrected chi connectivity index (χ0v) is 18.7. The Labute approximate surface area is 183 Å². The first-order valence-electron chi connectivity index (χ1n) is 10.1. The second kappa shape index (κ2) is 9.98. The maximum absolute atomic E-state index is 13.0. The second-order valence-corrected chi connectivity index (χ2v) is 9.28. The summed E-state index contributed by atoms with van der Waals surface area (Å²) in [6.45, 7) is 4.26. The van der Waals surface area contributed by atoms with Gasteiger partial charge in [0.2, 0.25) is 10.0 Å². The van der Waals surface area contributed by atoms with Gasteiger partial charge < -0.3 is 14.2 Å². The van der Waals surface area contributed by atoms with Crippen molar-refractivity contribution in [3.63, 3.8) is 0 Å². The van der Waals surface area contributed by atoms with Gasteiger partial charge in [0.1, 0.15) is 11.5 Å². The first-order valence-corrected chi connectivity index (χ1v) is 11.5. The average molecular weight is 446 g/mol. The smallest absolute Gasteiger partial charge is 0.343 e. The number of carbonyl (C=O) groups excluding carboxylic acids is 1. The van der Waals surface area contributed by atoms with E-state index < -0.39 is 16.0 Å². The lowest BCUT2D eigenvalue weighted by atomic mass is 9.99. The number of esters is 1. The Morgan fingerprint density at radius 1 is 1.10 bits per heavy atom. The predicted molar refractivity (Wildman–Crippen MR) is 118 cm³/mol. The van der Waals surface area contributed by atoms with Crippen LogP contribution in [-0.2, 0) is 19.6 Å². The van der Waals surface area contributed by atoms with Crippen molar-refractivity contribution >= 4 is 21.6 Å². The van der Waals surface area contributed by atoms with Gasteiger partial charge in [-0.25, -0.2) is 13.2 Å². The fourth-order valence-electron chi connectivity index (χ4n) is 3.28. The van der Waals surface area contributed by atoms with Crippen molar-refractivity contribution < 1.29 is 27.4 Å². The molecular formula is C23H27NO6S. The van der Waals surface area contributed by atoms with Gasteiger partial charge in [-0.2, -0.15) is 4.31 Å². The highest BCUT2D eigenvalue weighted by Gasteiger charge is 2.27. The molecule has 0 aromatic heterocycles. The first kappa shape index (κ1) is 22.8. The summed E-state index contributed by atoms with van der Waals surface area (Å²) in [7, 11) is -2.30. The molecule has 0 N–H and O–H groups in total. The third kappa shape index (κ3) is 5.65. The molecule has 166 valence electrons. The molecule has 0 saturated carbocycles. The molecule has 1 aliphatic rings. The van der Waals surface area contributed by atoms with E-state index in [-0.39, 0.29) is 24.2 Å². The standard InChI is InChI=1S/C23H27NO6S/c1-17(2)30-19-8-10-20(11-9-19)31(26,27)24-14-12-18(13-15-24)21-6-4-5-7-22(21)29-16-23(25)28-3/h4-12,17H,13-16H2,1-3H3. The minimum Gasteiger partial charge on any atom is -0.491 e. The lowest BCUT2D eigenvalue weighted by Crippen LogP contribution is -2.34. The molecule has 0 radical (unpaired) electrons. The van der Waals surface area contributed by atoms with Crippen LogP contribution in [0.5, 0.6) is 11.5 Å². The highest BCUT2D eigenvalue weighted by Crippen LogP contribution is 2.32. The molecule has 0 aliphatic carbocycles. The molecule has 31 heavy (non-hydrogen) atoms. The van der Waals surface area contributed by atoms with E-state index >= 15 is 0 Å². The van der Waals surface area contributed by atoms with Crippen molar-refractivity contribution in [3.8, 4) is 11.5 Å². The van der Waals surface area contributed by atoms with Crippen LogP contribution in [0.2, 0.25) is 0 Å². The molecule has 0 unspecified atom stereocenters. The van der Waals surface area contributed by atoms with E-state index in [1.807, 2.05) is 38.1 Å². The number of para-hydroxylation sites is 1. The molecule has 2 aromatic rings. The van der Waals surface area contributed by atoms with Crippen LogP contribution >= 0.6 is 0 Å². The molecule has 3 rings (SSSR count). The maximum atomic E-state index is 13.0. The minimum atomic E-state index is -3.61. The molecule has 0 amide bonds. The van der Waals surface area contributed by atoms with E-state index in [1.54, 1.807) is 30.3 Å². The molecule has 1 aliphatic heterocycles. The van der Waals surface area contributed by atoms with Crippen molar-refractivity contribution in [3.05, 3.63) is 60.2 Å². The SMILES string of the molecule is COC(=O)COc1ccccc1C1=CCN(S(=O)(=O)c2ccc(OC(C)C)cc2)CC1. The lowest BCUT2D eigenvalue weighted by molar-refractivity contribution is -0.142. The van der Waals surface area contributed by atoms with Crippen molar-refractivity contribution in [2.24, 2.45) is 0 Å². The number of hydrogen-bond acceptors (Lipinski definition) is 6. The summed E-state index contributed by atoms with van der Waals surface area (Å²) < 4.78 is 43.3. The van der Waals surface area contributed by atoms with Crippen molar-refractivity contribution in [1.82, 2.24) is 4.31 Å². The van der Waals surface area contributed by atoms with Gasteiger partial charge in [-0.3, -0.25) is 0 Å². The predicted octanol–water partition coefficient (Wildman–Crippen LogP) is 3.50.